The quantitative estimate of drug-likeness (QED) is 0.850. The first-order valence-corrected chi connectivity index (χ1v) is 10.5. The van der Waals surface area contributed by atoms with Crippen LogP contribution in [0.4, 0.5) is 0 Å². The highest BCUT2D eigenvalue weighted by Gasteiger charge is 2.21. The summed E-state index contributed by atoms with van der Waals surface area (Å²) in [5.41, 5.74) is 0. The zero-order valence-electron chi connectivity index (χ0n) is 11.9. The van der Waals surface area contributed by atoms with Crippen LogP contribution in [0.1, 0.15) is 11.8 Å². The monoisotopic (exact) mass is 360 g/mol. The van der Waals surface area contributed by atoms with Crippen LogP contribution in [0.2, 0.25) is 0 Å². The van der Waals surface area contributed by atoms with Gasteiger partial charge in [-0.25, -0.2) is 16.8 Å². The number of sulfone groups is 2. The maximum atomic E-state index is 12.5. The van der Waals surface area contributed by atoms with E-state index in [2.05, 4.69) is 0 Å². The molecule has 0 saturated heterocycles. The summed E-state index contributed by atoms with van der Waals surface area (Å²) >= 11 is 1.21. The van der Waals surface area contributed by atoms with Gasteiger partial charge in [0.25, 0.3) is 0 Å². The standard InChI is InChI=1S/C14H16O5S3/c1-2-11-3-8-14(20-11)22(18,19)13-6-4-12(5-7-13)21(16,17)10-9-15/h3-8,15H,2,9-10H2,1H3. The Balaban J connectivity index is 2.38. The van der Waals surface area contributed by atoms with Crippen LogP contribution in [-0.2, 0) is 26.1 Å². The van der Waals surface area contributed by atoms with Gasteiger partial charge in [0.1, 0.15) is 4.21 Å². The van der Waals surface area contributed by atoms with Crippen molar-refractivity contribution in [3.05, 3.63) is 41.3 Å². The summed E-state index contributed by atoms with van der Waals surface area (Å²) in [7, 11) is -7.21. The molecular weight excluding hydrogens is 344 g/mol. The van der Waals surface area contributed by atoms with Crippen molar-refractivity contribution >= 4 is 31.0 Å². The van der Waals surface area contributed by atoms with E-state index in [1.165, 1.54) is 35.6 Å². The summed E-state index contributed by atoms with van der Waals surface area (Å²) in [6, 6.07) is 8.42. The van der Waals surface area contributed by atoms with Crippen LogP contribution in [0.5, 0.6) is 0 Å². The van der Waals surface area contributed by atoms with E-state index in [-0.39, 0.29) is 19.8 Å². The molecule has 0 bridgehead atoms. The Hall–Kier alpha value is -1.22. The third-order valence-electron chi connectivity index (χ3n) is 3.10. The molecule has 2 rings (SSSR count). The second kappa shape index (κ2) is 6.49. The Kier molecular flexibility index (Phi) is 5.06. The number of hydrogen-bond acceptors (Lipinski definition) is 6. The van der Waals surface area contributed by atoms with Gasteiger partial charge in [-0.15, -0.1) is 11.3 Å². The summed E-state index contributed by atoms with van der Waals surface area (Å²) in [5, 5.41) is 8.75. The van der Waals surface area contributed by atoms with Crippen LogP contribution in [0.3, 0.4) is 0 Å². The fourth-order valence-corrected chi connectivity index (χ4v) is 5.60. The molecule has 0 saturated carbocycles. The van der Waals surface area contributed by atoms with E-state index >= 15 is 0 Å². The van der Waals surface area contributed by atoms with Gasteiger partial charge in [-0.1, -0.05) is 6.92 Å². The minimum Gasteiger partial charge on any atom is -0.395 e. The van der Waals surface area contributed by atoms with Crippen molar-refractivity contribution in [3.63, 3.8) is 0 Å². The van der Waals surface area contributed by atoms with Crippen molar-refractivity contribution in [1.82, 2.24) is 0 Å². The highest BCUT2D eigenvalue weighted by atomic mass is 32.2. The number of hydrogen-bond donors (Lipinski definition) is 1. The summed E-state index contributed by atoms with van der Waals surface area (Å²) in [5.74, 6) is -0.385. The number of aliphatic hydroxyl groups is 1. The van der Waals surface area contributed by atoms with Gasteiger partial charge in [0, 0.05) is 4.88 Å². The van der Waals surface area contributed by atoms with Gasteiger partial charge >= 0.3 is 0 Å². The van der Waals surface area contributed by atoms with Crippen LogP contribution in [0, 0.1) is 0 Å². The van der Waals surface area contributed by atoms with Crippen molar-refractivity contribution in [2.24, 2.45) is 0 Å². The molecule has 1 aromatic heterocycles. The molecule has 1 heterocycles. The molecule has 5 nitrogen and oxygen atoms in total. The predicted molar refractivity (Wildman–Crippen MR) is 84.7 cm³/mol. The van der Waals surface area contributed by atoms with Crippen LogP contribution < -0.4 is 0 Å². The molecular formula is C14H16O5S3. The van der Waals surface area contributed by atoms with Gasteiger partial charge in [-0.05, 0) is 42.8 Å². The number of aryl methyl sites for hydroxylation is 1. The normalized spacial score (nSPS) is 12.5. The smallest absolute Gasteiger partial charge is 0.215 e. The lowest BCUT2D eigenvalue weighted by atomic mass is 10.4. The highest BCUT2D eigenvalue weighted by molar-refractivity contribution is 7.93. The highest BCUT2D eigenvalue weighted by Crippen LogP contribution is 2.28. The molecule has 2 aromatic rings. The van der Waals surface area contributed by atoms with E-state index in [0.29, 0.717) is 0 Å². The van der Waals surface area contributed by atoms with Gasteiger partial charge in [-0.3, -0.25) is 0 Å². The first-order valence-electron chi connectivity index (χ1n) is 6.58. The fraction of sp³-hybridized carbons (Fsp3) is 0.286. The maximum absolute atomic E-state index is 12.5. The average Bonchev–Trinajstić information content (AvgIpc) is 2.97. The largest absolute Gasteiger partial charge is 0.395 e. The molecule has 0 aliphatic rings. The van der Waals surface area contributed by atoms with Crippen molar-refractivity contribution in [3.8, 4) is 0 Å². The van der Waals surface area contributed by atoms with E-state index in [9.17, 15) is 16.8 Å². The number of aliphatic hydroxyl groups excluding tert-OH is 1. The molecule has 0 unspecified atom stereocenters. The molecule has 0 amide bonds. The second-order valence-corrected chi connectivity index (χ2v) is 10.0. The molecule has 0 fully saturated rings. The van der Waals surface area contributed by atoms with Gasteiger partial charge in [-0.2, -0.15) is 0 Å². The topological polar surface area (TPSA) is 88.5 Å². The molecule has 0 radical (unpaired) electrons. The van der Waals surface area contributed by atoms with Crippen LogP contribution in [0.25, 0.3) is 0 Å². The van der Waals surface area contributed by atoms with Gasteiger partial charge in [0.2, 0.25) is 9.84 Å². The Labute approximate surface area is 134 Å². The molecule has 1 N–H and O–H groups in total. The van der Waals surface area contributed by atoms with E-state index in [1.54, 1.807) is 12.1 Å². The van der Waals surface area contributed by atoms with Crippen molar-refractivity contribution < 1.29 is 21.9 Å². The van der Waals surface area contributed by atoms with Gasteiger partial charge in [0.15, 0.2) is 9.84 Å². The number of thiophene rings is 1. The van der Waals surface area contributed by atoms with Crippen LogP contribution in [-0.4, -0.2) is 34.3 Å². The molecule has 0 atom stereocenters. The average molecular weight is 360 g/mol. The number of rotatable bonds is 6. The molecule has 0 spiro atoms. The van der Waals surface area contributed by atoms with E-state index in [1.807, 2.05) is 6.92 Å². The first-order chi connectivity index (χ1) is 10.3. The third kappa shape index (κ3) is 3.40. The van der Waals surface area contributed by atoms with E-state index in [4.69, 9.17) is 5.11 Å². The van der Waals surface area contributed by atoms with Crippen molar-refractivity contribution in [2.45, 2.75) is 27.3 Å². The minimum atomic E-state index is -3.63. The van der Waals surface area contributed by atoms with Crippen LogP contribution >= 0.6 is 11.3 Å². The Morgan fingerprint density at radius 3 is 2.05 bits per heavy atom. The summed E-state index contributed by atoms with van der Waals surface area (Å²) < 4.78 is 48.8. The predicted octanol–water partition coefficient (Wildman–Crippen LogP) is 1.91. The Bertz CT molecular complexity index is 846. The summed E-state index contributed by atoms with van der Waals surface area (Å²) in [6.45, 7) is 1.47. The Morgan fingerprint density at radius 1 is 0.955 bits per heavy atom. The first kappa shape index (κ1) is 17.1. The lowest BCUT2D eigenvalue weighted by Gasteiger charge is -2.05. The maximum Gasteiger partial charge on any atom is 0.215 e. The fourth-order valence-electron chi connectivity index (χ4n) is 1.87. The van der Waals surface area contributed by atoms with Gasteiger partial charge < -0.3 is 5.11 Å². The Morgan fingerprint density at radius 2 is 1.55 bits per heavy atom. The summed E-state index contributed by atoms with van der Waals surface area (Å²) in [4.78, 5) is 1.03. The number of benzene rings is 1. The molecule has 8 heteroatoms. The SMILES string of the molecule is CCc1ccc(S(=O)(=O)c2ccc(S(=O)(=O)CCO)cc2)s1. The minimum absolute atomic E-state index is 0.000858. The molecule has 0 aliphatic carbocycles. The second-order valence-electron chi connectivity index (χ2n) is 4.59. The zero-order valence-corrected chi connectivity index (χ0v) is 14.3. The molecule has 0 aliphatic heterocycles. The lowest BCUT2D eigenvalue weighted by molar-refractivity contribution is 0.319. The zero-order chi connectivity index (χ0) is 16.4. The van der Waals surface area contributed by atoms with Crippen LogP contribution in [0.15, 0.2) is 50.4 Å². The van der Waals surface area contributed by atoms with Crippen molar-refractivity contribution in [2.75, 3.05) is 12.4 Å². The summed E-state index contributed by atoms with van der Waals surface area (Å²) in [6.07, 6.45) is 0.762. The third-order valence-corrected chi connectivity index (χ3v) is 8.30. The van der Waals surface area contributed by atoms with Crippen molar-refractivity contribution in [1.29, 1.82) is 0 Å². The van der Waals surface area contributed by atoms with Gasteiger partial charge in [0.05, 0.1) is 22.2 Å². The lowest BCUT2D eigenvalue weighted by Crippen LogP contribution is -2.10. The molecule has 1 aromatic carbocycles. The van der Waals surface area contributed by atoms with E-state index < -0.39 is 26.3 Å². The molecule has 22 heavy (non-hydrogen) atoms. The van der Waals surface area contributed by atoms with E-state index in [0.717, 1.165) is 11.3 Å². The molecule has 120 valence electrons.